The minimum Gasteiger partial charge on any atom is -0.347 e. The van der Waals surface area contributed by atoms with Crippen molar-refractivity contribution in [1.82, 2.24) is 4.90 Å². The molecule has 0 aromatic heterocycles. The molecule has 0 spiro atoms. The molecule has 0 bridgehead atoms. The van der Waals surface area contributed by atoms with Crippen LogP contribution in [0.2, 0.25) is 0 Å². The van der Waals surface area contributed by atoms with E-state index in [2.05, 4.69) is 90.4 Å². The van der Waals surface area contributed by atoms with E-state index in [4.69, 9.17) is 0 Å². The highest BCUT2D eigenvalue weighted by atomic mass is 15.5. The molecule has 3 unspecified atom stereocenters. The molecule has 2 aromatic rings. The second-order valence-corrected chi connectivity index (χ2v) is 8.38. The van der Waals surface area contributed by atoms with Crippen LogP contribution < -0.4 is 4.90 Å². The first-order chi connectivity index (χ1) is 13.6. The first-order valence-electron chi connectivity index (χ1n) is 11.0. The molecule has 2 nitrogen and oxygen atoms in total. The molecule has 0 amide bonds. The summed E-state index contributed by atoms with van der Waals surface area (Å²) >= 11 is 0. The maximum absolute atomic E-state index is 9.59. The molecular weight excluding hydrogens is 328 g/mol. The van der Waals surface area contributed by atoms with Crippen LogP contribution in [0, 0.1) is 12.8 Å². The van der Waals surface area contributed by atoms with Crippen LogP contribution in [0.5, 0.6) is 0 Å². The van der Waals surface area contributed by atoms with E-state index >= 15 is 0 Å². The van der Waals surface area contributed by atoms with Gasteiger partial charge in [-0.15, -0.1) is 0 Å². The molecule has 1 aliphatic carbocycles. The largest absolute Gasteiger partial charge is 0.347 e. The van der Waals surface area contributed by atoms with Crippen molar-refractivity contribution < 1.29 is 1.37 Å². The Hall–Kier alpha value is -2.06. The van der Waals surface area contributed by atoms with E-state index in [0.717, 1.165) is 0 Å². The quantitative estimate of drug-likeness (QED) is 0.649. The maximum atomic E-state index is 9.59. The molecule has 1 saturated carbocycles. The number of fused-ring (bicyclic) bond motifs is 1. The lowest BCUT2D eigenvalue weighted by Gasteiger charge is -2.38. The van der Waals surface area contributed by atoms with E-state index in [0.29, 0.717) is 12.0 Å². The molecule has 2 aromatic carbocycles. The topological polar surface area (TPSA) is 6.48 Å². The summed E-state index contributed by atoms with van der Waals surface area (Å²) in [6.07, 6.45) is 9.53. The lowest BCUT2D eigenvalue weighted by molar-refractivity contribution is 0.150. The molecule has 1 saturated heterocycles. The van der Waals surface area contributed by atoms with Crippen molar-refractivity contribution >= 4 is 5.69 Å². The van der Waals surface area contributed by atoms with E-state index < -0.39 is 6.02 Å². The average molecular weight is 360 g/mol. The Kier molecular flexibility index (Phi) is 4.04. The third-order valence-corrected chi connectivity index (χ3v) is 6.81. The van der Waals surface area contributed by atoms with Gasteiger partial charge < -0.3 is 4.90 Å². The second kappa shape index (κ2) is 6.83. The summed E-state index contributed by atoms with van der Waals surface area (Å²) in [6, 6.07) is 19.5. The predicted octanol–water partition coefficient (Wildman–Crippen LogP) is 5.70. The number of hydrogen-bond acceptors (Lipinski definition) is 2. The highest BCUT2D eigenvalue weighted by molar-refractivity contribution is 5.58. The summed E-state index contributed by atoms with van der Waals surface area (Å²) in [5.74, 6) is 0.434. The number of benzene rings is 2. The molecule has 4 atom stereocenters. The number of nitrogens with zero attached hydrogens (tertiary/aromatic N) is 2. The fourth-order valence-corrected chi connectivity index (χ4v) is 5.49. The van der Waals surface area contributed by atoms with E-state index in [1.165, 1.54) is 42.5 Å². The third-order valence-electron chi connectivity index (χ3n) is 6.81. The van der Waals surface area contributed by atoms with Crippen molar-refractivity contribution in [2.45, 2.75) is 63.8 Å². The summed E-state index contributed by atoms with van der Waals surface area (Å²) in [7, 11) is 0. The van der Waals surface area contributed by atoms with Crippen LogP contribution in [0.15, 0.2) is 66.7 Å². The highest BCUT2D eigenvalue weighted by Crippen LogP contribution is 2.48. The van der Waals surface area contributed by atoms with Crippen LogP contribution in [-0.2, 0) is 0 Å². The van der Waals surface area contributed by atoms with E-state index in [1.54, 1.807) is 0 Å². The summed E-state index contributed by atoms with van der Waals surface area (Å²) in [6.45, 7) is 4.53. The zero-order valence-electron chi connectivity index (χ0n) is 17.4. The summed E-state index contributed by atoms with van der Waals surface area (Å²) in [5, 5.41) is 0. The fraction of sp³-hybridized carbons (Fsp3) is 0.440. The molecule has 0 N–H and O–H groups in total. The van der Waals surface area contributed by atoms with Gasteiger partial charge in [-0.2, -0.15) is 0 Å². The number of hydrogen-bond donors (Lipinski definition) is 0. The first kappa shape index (κ1) is 15.9. The minimum absolute atomic E-state index is 0.0930. The van der Waals surface area contributed by atoms with E-state index in [9.17, 15) is 1.37 Å². The Morgan fingerprint density at radius 3 is 2.37 bits per heavy atom. The van der Waals surface area contributed by atoms with E-state index in [1.807, 2.05) is 0 Å². The molecule has 140 valence electrons. The Bertz CT molecular complexity index is 873. The van der Waals surface area contributed by atoms with Gasteiger partial charge in [0.25, 0.3) is 0 Å². The van der Waals surface area contributed by atoms with Crippen LogP contribution in [0.3, 0.4) is 0 Å². The van der Waals surface area contributed by atoms with Crippen LogP contribution in [-0.4, -0.2) is 23.0 Å². The first-order valence-corrected chi connectivity index (χ1v) is 10.5. The van der Waals surface area contributed by atoms with Crippen LogP contribution >= 0.6 is 0 Å². The van der Waals surface area contributed by atoms with Crippen molar-refractivity contribution in [3.05, 3.63) is 77.9 Å². The molecule has 2 heteroatoms. The Morgan fingerprint density at radius 1 is 0.926 bits per heavy atom. The third kappa shape index (κ3) is 2.73. The maximum Gasteiger partial charge on any atom is 0.110 e. The summed E-state index contributed by atoms with van der Waals surface area (Å²) < 4.78 is 9.59. The molecule has 2 fully saturated rings. The van der Waals surface area contributed by atoms with Crippen LogP contribution in [0.25, 0.3) is 0 Å². The lowest BCUT2D eigenvalue weighted by atomic mass is 9.96. The summed E-state index contributed by atoms with van der Waals surface area (Å²) in [4.78, 5) is 5.08. The van der Waals surface area contributed by atoms with E-state index in [-0.39, 0.29) is 12.2 Å². The van der Waals surface area contributed by atoms with Crippen molar-refractivity contribution in [2.75, 3.05) is 4.90 Å². The Morgan fingerprint density at radius 2 is 1.63 bits per heavy atom. The smallest absolute Gasteiger partial charge is 0.110 e. The van der Waals surface area contributed by atoms with Crippen molar-refractivity contribution in [2.24, 2.45) is 5.92 Å². The van der Waals surface area contributed by atoms with Crippen molar-refractivity contribution in [1.29, 1.82) is 0 Å². The Balaban J connectivity index is 1.65. The minimum atomic E-state index is -0.604. The predicted molar refractivity (Wildman–Crippen MR) is 113 cm³/mol. The monoisotopic (exact) mass is 359 g/mol. The standard InChI is InChI=1S/C25H30N2/c1-18-10-6-9-15-22(18)26-19(2)23-16-17-24(20-11-7-8-12-20)27(23)25(26)21-13-4-3-5-14-21/h3-6,9-10,13-17,19-20,23-25H,7-8,11-12H2,1-2H3/t19-,23?,24?,25?/m0/s1/i24D. The molecule has 2 aliphatic heterocycles. The van der Waals surface area contributed by atoms with Crippen molar-refractivity contribution in [3.8, 4) is 0 Å². The SMILES string of the molecule is [2H]C1(C2CCCC2)C=CC2[C@H](C)N(c3ccccc3C)C(c3ccccc3)N21. The van der Waals surface area contributed by atoms with Crippen LogP contribution in [0.1, 0.15) is 51.3 Å². The zero-order chi connectivity index (χ0) is 19.3. The van der Waals surface area contributed by atoms with Gasteiger partial charge in [0.2, 0.25) is 0 Å². The second-order valence-electron chi connectivity index (χ2n) is 8.38. The highest BCUT2D eigenvalue weighted by Gasteiger charge is 2.51. The fourth-order valence-electron chi connectivity index (χ4n) is 5.49. The lowest BCUT2D eigenvalue weighted by Crippen LogP contribution is -2.41. The number of anilines is 1. The van der Waals surface area contributed by atoms with Gasteiger partial charge in [-0.25, -0.2) is 0 Å². The zero-order valence-corrected chi connectivity index (χ0v) is 16.4. The van der Waals surface area contributed by atoms with Gasteiger partial charge in [-0.05, 0) is 49.8 Å². The van der Waals surface area contributed by atoms with Gasteiger partial charge in [0, 0.05) is 17.7 Å². The molecule has 3 aliphatic rings. The molecule has 5 rings (SSSR count). The van der Waals surface area contributed by atoms with Gasteiger partial charge in [0.1, 0.15) is 6.17 Å². The number of para-hydroxylation sites is 1. The molecule has 2 heterocycles. The average Bonchev–Trinajstić information content (AvgIpc) is 3.42. The summed E-state index contributed by atoms with van der Waals surface area (Å²) in [5.41, 5.74) is 3.88. The van der Waals surface area contributed by atoms with Gasteiger partial charge in [-0.3, -0.25) is 4.90 Å². The van der Waals surface area contributed by atoms with Gasteiger partial charge in [-0.1, -0.05) is 73.5 Å². The van der Waals surface area contributed by atoms with Crippen LogP contribution in [0.4, 0.5) is 5.69 Å². The number of rotatable bonds is 3. The number of aryl methyl sites for hydroxylation is 1. The van der Waals surface area contributed by atoms with Crippen molar-refractivity contribution in [3.63, 3.8) is 0 Å². The van der Waals surface area contributed by atoms with Gasteiger partial charge >= 0.3 is 0 Å². The normalized spacial score (nSPS) is 34.2. The molecular formula is C25H30N2. The molecule has 0 radical (unpaired) electrons. The molecule has 27 heavy (non-hydrogen) atoms. The van der Waals surface area contributed by atoms with Gasteiger partial charge in [0.15, 0.2) is 0 Å². The van der Waals surface area contributed by atoms with Gasteiger partial charge in [0.05, 0.1) is 7.41 Å². The Labute approximate surface area is 164 Å².